The van der Waals surface area contributed by atoms with E-state index in [2.05, 4.69) is 17.6 Å². The molecule has 0 heterocycles. The molecule has 5 heteroatoms. The van der Waals surface area contributed by atoms with Gasteiger partial charge in [0.25, 0.3) is 0 Å². The van der Waals surface area contributed by atoms with Gasteiger partial charge in [-0.15, -0.1) is 0 Å². The Morgan fingerprint density at radius 2 is 2.06 bits per heavy atom. The maximum Gasteiger partial charge on any atom is 0.315 e. The Bertz CT molecular complexity index is 302. The second-order valence-corrected chi connectivity index (χ2v) is 5.44. The fourth-order valence-corrected chi connectivity index (χ4v) is 2.05. The van der Waals surface area contributed by atoms with Crippen molar-refractivity contribution in [3.63, 3.8) is 0 Å². The number of amides is 2. The predicted molar refractivity (Wildman–Crippen MR) is 64.8 cm³/mol. The summed E-state index contributed by atoms with van der Waals surface area (Å²) >= 11 is 0. The van der Waals surface area contributed by atoms with Crippen LogP contribution in [0.4, 0.5) is 4.79 Å². The fraction of sp³-hybridized carbons (Fsp3) is 0.833. The lowest BCUT2D eigenvalue weighted by Crippen LogP contribution is -2.50. The third-order valence-corrected chi connectivity index (χ3v) is 2.94. The molecule has 2 unspecified atom stereocenters. The average Bonchev–Trinajstić information content (AvgIpc) is 2.79. The summed E-state index contributed by atoms with van der Waals surface area (Å²) in [4.78, 5) is 22.2. The van der Waals surface area contributed by atoms with Crippen molar-refractivity contribution in [1.82, 2.24) is 10.6 Å². The van der Waals surface area contributed by atoms with Crippen LogP contribution in [-0.2, 0) is 4.79 Å². The molecule has 0 aliphatic heterocycles. The molecule has 5 nitrogen and oxygen atoms in total. The first-order valence-corrected chi connectivity index (χ1v) is 6.14. The lowest BCUT2D eigenvalue weighted by Gasteiger charge is -2.24. The summed E-state index contributed by atoms with van der Waals surface area (Å²) in [6, 6.07) is 0.00966. The third kappa shape index (κ3) is 5.06. The predicted octanol–water partition coefficient (Wildman–Crippen LogP) is 1.73. The van der Waals surface area contributed by atoms with Gasteiger partial charge in [0.1, 0.15) is 0 Å². The van der Waals surface area contributed by atoms with Crippen molar-refractivity contribution in [2.75, 3.05) is 0 Å². The van der Waals surface area contributed by atoms with Gasteiger partial charge in [-0.3, -0.25) is 4.79 Å². The van der Waals surface area contributed by atoms with Crippen LogP contribution >= 0.6 is 0 Å². The number of aliphatic carboxylic acids is 1. The number of urea groups is 1. The number of nitrogens with one attached hydrogen (secondary N) is 2. The minimum atomic E-state index is -0.911. The summed E-state index contributed by atoms with van der Waals surface area (Å²) in [6.07, 6.45) is 3.24. The molecule has 3 N–H and O–H groups in total. The summed E-state index contributed by atoms with van der Waals surface area (Å²) in [7, 11) is 0. The average molecular weight is 242 g/mol. The van der Waals surface area contributed by atoms with E-state index in [-0.39, 0.29) is 18.5 Å². The molecule has 0 saturated heterocycles. The van der Waals surface area contributed by atoms with Crippen LogP contribution in [-0.4, -0.2) is 28.7 Å². The molecular formula is C12H22N2O3. The molecule has 0 aromatic rings. The highest BCUT2D eigenvalue weighted by molar-refractivity contribution is 5.77. The van der Waals surface area contributed by atoms with Crippen LogP contribution in [0.2, 0.25) is 0 Å². The first-order valence-electron chi connectivity index (χ1n) is 6.14. The molecule has 2 amide bonds. The van der Waals surface area contributed by atoms with Crippen molar-refractivity contribution >= 4 is 12.0 Å². The van der Waals surface area contributed by atoms with Gasteiger partial charge < -0.3 is 15.7 Å². The Morgan fingerprint density at radius 1 is 1.41 bits per heavy atom. The second kappa shape index (κ2) is 5.38. The minimum absolute atomic E-state index is 0.0799. The molecule has 1 fully saturated rings. The highest BCUT2D eigenvalue weighted by Crippen LogP contribution is 2.34. The normalized spacial score (nSPS) is 23.0. The van der Waals surface area contributed by atoms with Gasteiger partial charge in [0.05, 0.1) is 6.42 Å². The second-order valence-electron chi connectivity index (χ2n) is 5.44. The summed E-state index contributed by atoms with van der Waals surface area (Å²) in [5.41, 5.74) is -0.717. The number of rotatable bonds is 6. The number of hydrogen-bond acceptors (Lipinski definition) is 2. The highest BCUT2D eigenvalue weighted by atomic mass is 16.4. The van der Waals surface area contributed by atoms with Gasteiger partial charge in [-0.2, -0.15) is 0 Å². The molecular weight excluding hydrogens is 220 g/mol. The topological polar surface area (TPSA) is 78.4 Å². The summed E-state index contributed by atoms with van der Waals surface area (Å²) in [5.74, 6) is -0.307. The molecule has 17 heavy (non-hydrogen) atoms. The minimum Gasteiger partial charge on any atom is -0.481 e. The van der Waals surface area contributed by atoms with Crippen molar-refractivity contribution in [1.29, 1.82) is 0 Å². The maximum absolute atomic E-state index is 11.6. The standard InChI is InChI=1S/C12H22N2O3/c1-4-5-8-6-9(8)13-11(17)14-12(2,3)7-10(15)16/h8-9H,4-7H2,1-3H3,(H,15,16)(H2,13,14,17). The first-order chi connectivity index (χ1) is 7.84. The number of hydrogen-bond donors (Lipinski definition) is 3. The Morgan fingerprint density at radius 3 is 2.59 bits per heavy atom. The van der Waals surface area contributed by atoms with E-state index in [1.54, 1.807) is 13.8 Å². The van der Waals surface area contributed by atoms with Crippen LogP contribution in [0, 0.1) is 5.92 Å². The van der Waals surface area contributed by atoms with Crippen LogP contribution < -0.4 is 10.6 Å². The van der Waals surface area contributed by atoms with Crippen molar-refractivity contribution < 1.29 is 14.7 Å². The smallest absolute Gasteiger partial charge is 0.315 e. The zero-order valence-electron chi connectivity index (χ0n) is 10.7. The van der Waals surface area contributed by atoms with E-state index in [9.17, 15) is 9.59 Å². The molecule has 2 atom stereocenters. The molecule has 98 valence electrons. The quantitative estimate of drug-likeness (QED) is 0.663. The first kappa shape index (κ1) is 13.8. The van der Waals surface area contributed by atoms with Crippen molar-refractivity contribution in [2.24, 2.45) is 5.92 Å². The Hall–Kier alpha value is -1.26. The third-order valence-electron chi connectivity index (χ3n) is 2.94. The largest absolute Gasteiger partial charge is 0.481 e. The summed E-state index contributed by atoms with van der Waals surface area (Å²) in [6.45, 7) is 5.54. The van der Waals surface area contributed by atoms with Crippen LogP contribution in [0.15, 0.2) is 0 Å². The van der Waals surface area contributed by atoms with E-state index in [1.807, 2.05) is 0 Å². The van der Waals surface area contributed by atoms with Gasteiger partial charge in [-0.05, 0) is 32.6 Å². The van der Waals surface area contributed by atoms with E-state index in [0.29, 0.717) is 5.92 Å². The molecule has 1 aliphatic rings. The molecule has 0 aromatic heterocycles. The van der Waals surface area contributed by atoms with Crippen LogP contribution in [0.3, 0.4) is 0 Å². The van der Waals surface area contributed by atoms with Crippen molar-refractivity contribution in [2.45, 2.75) is 58.0 Å². The van der Waals surface area contributed by atoms with Gasteiger partial charge in [-0.1, -0.05) is 13.3 Å². The van der Waals surface area contributed by atoms with Crippen LogP contribution in [0.1, 0.15) is 46.5 Å². The van der Waals surface area contributed by atoms with E-state index < -0.39 is 11.5 Å². The zero-order chi connectivity index (χ0) is 13.1. The number of carboxylic acid groups (broad SMARTS) is 1. The van der Waals surface area contributed by atoms with Gasteiger partial charge >= 0.3 is 12.0 Å². The highest BCUT2D eigenvalue weighted by Gasteiger charge is 2.37. The zero-order valence-corrected chi connectivity index (χ0v) is 10.7. The van der Waals surface area contributed by atoms with Crippen LogP contribution in [0.25, 0.3) is 0 Å². The Balaban J connectivity index is 2.28. The number of carbonyl (C=O) groups excluding carboxylic acids is 1. The van der Waals surface area contributed by atoms with Crippen LogP contribution in [0.5, 0.6) is 0 Å². The van der Waals surface area contributed by atoms with Crippen molar-refractivity contribution in [3.8, 4) is 0 Å². The van der Waals surface area contributed by atoms with Gasteiger partial charge in [0.2, 0.25) is 0 Å². The number of carboxylic acids is 1. The SMILES string of the molecule is CCCC1CC1NC(=O)NC(C)(C)CC(=O)O. The molecule has 0 radical (unpaired) electrons. The molecule has 0 spiro atoms. The van der Waals surface area contributed by atoms with Gasteiger partial charge in [0, 0.05) is 11.6 Å². The lowest BCUT2D eigenvalue weighted by atomic mass is 10.0. The van der Waals surface area contributed by atoms with Crippen molar-refractivity contribution in [3.05, 3.63) is 0 Å². The molecule has 1 rings (SSSR count). The summed E-state index contributed by atoms with van der Waals surface area (Å²) in [5, 5.41) is 14.3. The molecule has 1 aliphatic carbocycles. The Kier molecular flexibility index (Phi) is 4.37. The van der Waals surface area contributed by atoms with E-state index in [4.69, 9.17) is 5.11 Å². The number of carbonyl (C=O) groups is 2. The summed E-state index contributed by atoms with van der Waals surface area (Å²) < 4.78 is 0. The monoisotopic (exact) mass is 242 g/mol. The fourth-order valence-electron chi connectivity index (χ4n) is 2.05. The molecule has 1 saturated carbocycles. The maximum atomic E-state index is 11.6. The molecule has 0 bridgehead atoms. The lowest BCUT2D eigenvalue weighted by molar-refractivity contribution is -0.138. The van der Waals surface area contributed by atoms with Gasteiger partial charge in [-0.25, -0.2) is 4.79 Å². The Labute approximate surface area is 102 Å². The van der Waals surface area contributed by atoms with E-state index in [1.165, 1.54) is 0 Å². The van der Waals surface area contributed by atoms with Gasteiger partial charge in [0.15, 0.2) is 0 Å². The van der Waals surface area contributed by atoms with E-state index in [0.717, 1.165) is 19.3 Å². The van der Waals surface area contributed by atoms with E-state index >= 15 is 0 Å². The molecule has 0 aromatic carbocycles.